The van der Waals surface area contributed by atoms with Crippen LogP contribution < -0.4 is 26.2 Å². The van der Waals surface area contributed by atoms with E-state index in [9.17, 15) is 16.4 Å². The van der Waals surface area contributed by atoms with Crippen molar-refractivity contribution in [3.8, 4) is 55.9 Å². The van der Waals surface area contributed by atoms with Crippen LogP contribution in [0.15, 0.2) is 307 Å². The van der Waals surface area contributed by atoms with Crippen LogP contribution in [0, 0.1) is 0 Å². The zero-order valence-electron chi connectivity index (χ0n) is 71.1. The molecular weight excluding hydrogens is 1240 g/mol. The topological polar surface area (TPSA) is 29.5 Å². The molecule has 0 radical (unpaired) electrons. The van der Waals surface area contributed by atoms with Crippen LogP contribution in [-0.2, 0) is 16.2 Å². The lowest BCUT2D eigenvalue weighted by molar-refractivity contribution is 0.590. The van der Waals surface area contributed by atoms with Gasteiger partial charge in [-0.15, -0.1) is 0 Å². The van der Waals surface area contributed by atoms with Gasteiger partial charge in [0.1, 0.15) is 11.2 Å². The quantitative estimate of drug-likeness (QED) is 0.142. The first kappa shape index (κ1) is 48.8. The Morgan fingerprint density at radius 2 is 0.794 bits per heavy atom. The van der Waals surface area contributed by atoms with E-state index in [0.29, 0.717) is 39.5 Å². The third-order valence-electron chi connectivity index (χ3n) is 21.1. The zero-order chi connectivity index (χ0) is 80.4. The van der Waals surface area contributed by atoms with E-state index in [1.54, 1.807) is 4.57 Å². The summed E-state index contributed by atoms with van der Waals surface area (Å²) in [6.45, 7) is 19.2. The van der Waals surface area contributed by atoms with Gasteiger partial charge in [-0.1, -0.05) is 268 Å². The number of hydrogen-bond acceptors (Lipinski definition) is 3. The molecule has 0 unspecified atom stereocenters. The predicted molar refractivity (Wildman–Crippen MR) is 434 cm³/mol. The van der Waals surface area contributed by atoms with E-state index in [0.717, 1.165) is 105 Å². The lowest BCUT2D eigenvalue weighted by atomic mass is 9.33. The Hall–Kier alpha value is -11.9. The van der Waals surface area contributed by atoms with Gasteiger partial charge >= 0.3 is 0 Å². The molecule has 5 heterocycles. The summed E-state index contributed by atoms with van der Waals surface area (Å²) in [5.41, 5.74) is 18.2. The predicted octanol–water partition coefficient (Wildman–Crippen LogP) is 24.4. The largest absolute Gasteiger partial charge is 0.456 e. The second-order valence-electron chi connectivity index (χ2n) is 30.3. The lowest BCUT2D eigenvalue weighted by Crippen LogP contribution is -2.61. The molecule has 0 spiro atoms. The number of fused-ring (bicyclic) bond motifs is 13. The molecule has 6 heteroatoms. The zero-order valence-corrected chi connectivity index (χ0v) is 58.1. The minimum absolute atomic E-state index is 0.0127. The molecule has 0 aliphatic carbocycles. The van der Waals surface area contributed by atoms with Crippen molar-refractivity contribution in [1.82, 2.24) is 9.13 Å². The highest BCUT2D eigenvalue weighted by Crippen LogP contribution is 2.56. The normalized spacial score (nSPS) is 14.9. The van der Waals surface area contributed by atoms with Gasteiger partial charge in [-0.3, -0.25) is 0 Å². The molecule has 0 bridgehead atoms. The van der Waals surface area contributed by atoms with Crippen molar-refractivity contribution >= 4 is 123 Å². The number of hydrogen-bond donors (Lipinski definition) is 0. The highest BCUT2D eigenvalue weighted by atomic mass is 16.3. The van der Waals surface area contributed by atoms with Crippen molar-refractivity contribution in [3.05, 3.63) is 320 Å². The summed E-state index contributed by atoms with van der Waals surface area (Å²) in [5, 5.41) is 3.58. The second kappa shape index (κ2) is 22.8. The van der Waals surface area contributed by atoms with Crippen molar-refractivity contribution in [2.75, 3.05) is 9.80 Å². The SMILES string of the molecule is [2H]c1c([2H])c([2H])c(-c2ccc3c(c2)N(c2c(-c4ccccc4)cc(C(C)(C)C)cc2-c2ccccc2)c2cc(-n4c5c([2H])c([2H])c([2H])c([2H])c5c5c([2H])c([2H])c([2H])c([2H])c54)cc4c2B3c2ccc(-n3c5ccc(C(C)(C)C)cc5c5cc(C(C)(C)C)ccc53)cc2N4c2c(-c3ccccc3)ccc3oc4ccccc4c23)c([2H])c1[2H]. The summed E-state index contributed by atoms with van der Waals surface area (Å²) in [5.74, 6) is 0. The smallest absolute Gasteiger partial charge is 0.252 e. The number of rotatable bonds is 8. The van der Waals surface area contributed by atoms with E-state index in [-0.39, 0.29) is 56.0 Å². The Morgan fingerprint density at radius 3 is 1.36 bits per heavy atom. The van der Waals surface area contributed by atoms with Gasteiger partial charge in [0.05, 0.1) is 62.3 Å². The maximum absolute atomic E-state index is 10.2. The molecule has 2 aliphatic heterocycles. The molecule has 14 aromatic carbocycles. The van der Waals surface area contributed by atoms with E-state index in [2.05, 4.69) is 192 Å². The summed E-state index contributed by atoms with van der Waals surface area (Å²) in [6.07, 6.45) is 0. The summed E-state index contributed by atoms with van der Waals surface area (Å²) in [7, 11) is 0. The number of nitrogens with zero attached hydrogens (tertiary/aromatic N) is 4. The first-order valence-corrected chi connectivity index (χ1v) is 34.9. The third kappa shape index (κ3) is 9.59. The minimum Gasteiger partial charge on any atom is -0.456 e. The third-order valence-corrected chi connectivity index (χ3v) is 21.1. The second-order valence-corrected chi connectivity index (χ2v) is 30.3. The Balaban J connectivity index is 1.07. The number of furan rings is 1. The van der Waals surface area contributed by atoms with E-state index in [4.69, 9.17) is 5.79 Å². The molecule has 102 heavy (non-hydrogen) atoms. The summed E-state index contributed by atoms with van der Waals surface area (Å²) < 4.78 is 136. The average Bonchev–Trinajstić information content (AvgIpc) is 1.57. The van der Waals surface area contributed by atoms with Crippen LogP contribution in [0.1, 0.15) is 96.8 Å². The molecule has 0 amide bonds. The fourth-order valence-electron chi connectivity index (χ4n) is 16.0. The van der Waals surface area contributed by atoms with E-state index >= 15 is 0 Å². The van der Waals surface area contributed by atoms with Crippen molar-refractivity contribution in [1.29, 1.82) is 0 Å². The molecular formula is C96H77BN4O. The minimum atomic E-state index is -0.746. The van der Waals surface area contributed by atoms with Crippen LogP contribution in [-0.4, -0.2) is 15.8 Å². The average molecular weight is 1330 g/mol. The first-order valence-electron chi connectivity index (χ1n) is 41.4. The van der Waals surface area contributed by atoms with Crippen LogP contribution in [0.2, 0.25) is 0 Å². The highest BCUT2D eigenvalue weighted by Gasteiger charge is 2.46. The van der Waals surface area contributed by atoms with Gasteiger partial charge in [-0.2, -0.15) is 0 Å². The molecule has 3 aromatic heterocycles. The number of para-hydroxylation sites is 3. The molecule has 17 aromatic rings. The van der Waals surface area contributed by atoms with Gasteiger partial charge in [0.2, 0.25) is 0 Å². The first-order chi connectivity index (χ1) is 54.9. The molecule has 0 saturated heterocycles. The Kier molecular flexibility index (Phi) is 10.9. The maximum Gasteiger partial charge on any atom is 0.252 e. The van der Waals surface area contributed by atoms with Gasteiger partial charge in [0.25, 0.3) is 6.71 Å². The van der Waals surface area contributed by atoms with Gasteiger partial charge in [-0.25, -0.2) is 0 Å². The Labute approximate surface area is 615 Å². The van der Waals surface area contributed by atoms with E-state index < -0.39 is 78.6 Å². The number of aromatic nitrogens is 2. The summed E-state index contributed by atoms with van der Waals surface area (Å²) in [6, 6.07) is 70.8. The van der Waals surface area contributed by atoms with Crippen LogP contribution in [0.4, 0.5) is 34.1 Å². The van der Waals surface area contributed by atoms with Crippen molar-refractivity contribution in [2.45, 2.75) is 78.6 Å². The van der Waals surface area contributed by atoms with Gasteiger partial charge in [0, 0.05) is 72.1 Å². The molecule has 0 saturated carbocycles. The fraction of sp³-hybridized carbons (Fsp3) is 0.125. The fourth-order valence-corrected chi connectivity index (χ4v) is 16.0. The number of anilines is 6. The van der Waals surface area contributed by atoms with Crippen LogP contribution in [0.5, 0.6) is 0 Å². The molecule has 0 atom stereocenters. The van der Waals surface area contributed by atoms with Crippen LogP contribution in [0.25, 0.3) is 121 Å². The molecule has 0 N–H and O–H groups in total. The van der Waals surface area contributed by atoms with E-state index in [1.165, 1.54) is 11.1 Å². The van der Waals surface area contributed by atoms with Crippen molar-refractivity contribution < 1.29 is 22.2 Å². The molecule has 490 valence electrons. The number of benzene rings is 14. The van der Waals surface area contributed by atoms with Crippen LogP contribution >= 0.6 is 0 Å². The van der Waals surface area contributed by atoms with Crippen LogP contribution in [0.3, 0.4) is 0 Å². The van der Waals surface area contributed by atoms with Crippen molar-refractivity contribution in [2.24, 2.45) is 0 Å². The molecule has 0 fully saturated rings. The summed E-state index contributed by atoms with van der Waals surface area (Å²) >= 11 is 0. The summed E-state index contributed by atoms with van der Waals surface area (Å²) in [4.78, 5) is 4.55. The lowest BCUT2D eigenvalue weighted by Gasteiger charge is -2.46. The highest BCUT2D eigenvalue weighted by molar-refractivity contribution is 7.00. The standard InChI is InChI=1S/C96H77BN4O/c1-94(2,3)65-43-49-82-76(53-65)77-54-66(95(4,5)6)44-50-83(77)98(82)68-45-48-79-85(57-68)101(93-70(61-30-16-11-17-31-61)46-51-89-90(93)73-38-24-27-41-88(73)102-89)87-59-69(99-80-39-25-22-36-71(80)72-37-23-26-40-81(72)99)58-86-91(87)97(79)78-47-42-64(60-28-14-10-15-29-60)52-84(78)100(86)92-74(62-32-18-12-19-33-62)55-67(96(7,8)9)56-75(92)63-34-20-13-21-35-63/h10-59H,1-9H3/i10D,14D,15D,22D,23D,25D,26D,28D,29D,36D,37D,39D,40D. The molecule has 5 nitrogen and oxygen atoms in total. The Morgan fingerprint density at radius 1 is 0.314 bits per heavy atom. The monoisotopic (exact) mass is 1330 g/mol. The maximum atomic E-state index is 10.2. The van der Waals surface area contributed by atoms with Gasteiger partial charge in [-0.05, 0) is 174 Å². The molecule has 2 aliphatic rings. The van der Waals surface area contributed by atoms with Gasteiger partial charge in [0.15, 0.2) is 0 Å². The van der Waals surface area contributed by atoms with Gasteiger partial charge < -0.3 is 23.4 Å². The molecule has 19 rings (SSSR count). The van der Waals surface area contributed by atoms with Crippen molar-refractivity contribution in [3.63, 3.8) is 0 Å². The van der Waals surface area contributed by atoms with E-state index in [1.807, 2.05) is 109 Å². The Bertz CT molecular complexity index is 6850.